The molecule has 2 aromatic carbocycles. The SMILES string of the molecule is C=C/C(=C\C)[n+]1c(-c2ccc(C)cc2)cc(-c2ccc(C)cc2)cc1-c1cc[n+](C)cc1.CC.CC.CC.CC.CC. The van der Waals surface area contributed by atoms with Crippen LogP contribution in [0.2, 0.25) is 0 Å². The van der Waals surface area contributed by atoms with Gasteiger partial charge in [-0.2, -0.15) is 4.57 Å². The second-order valence-electron chi connectivity index (χ2n) is 8.25. The Morgan fingerprint density at radius 3 is 1.26 bits per heavy atom. The van der Waals surface area contributed by atoms with Crippen molar-refractivity contribution in [3.63, 3.8) is 0 Å². The number of hydrogen-bond acceptors (Lipinski definition) is 0. The molecule has 0 saturated carbocycles. The molecule has 228 valence electrons. The average molecular weight is 569 g/mol. The molecule has 0 radical (unpaired) electrons. The monoisotopic (exact) mass is 568 g/mol. The number of aromatic nitrogens is 2. The molecule has 42 heavy (non-hydrogen) atoms. The van der Waals surface area contributed by atoms with Gasteiger partial charge < -0.3 is 0 Å². The summed E-state index contributed by atoms with van der Waals surface area (Å²) in [6.07, 6.45) is 8.22. The summed E-state index contributed by atoms with van der Waals surface area (Å²) in [5.74, 6) is 0. The molecule has 0 bridgehead atoms. The van der Waals surface area contributed by atoms with Crippen LogP contribution in [0, 0.1) is 13.8 Å². The van der Waals surface area contributed by atoms with Crippen LogP contribution in [0.4, 0.5) is 0 Å². The molecular formula is C40H60N2+2. The molecule has 0 saturated heterocycles. The third-order valence-electron chi connectivity index (χ3n) is 5.84. The van der Waals surface area contributed by atoms with Crippen molar-refractivity contribution in [2.45, 2.75) is 90.0 Å². The summed E-state index contributed by atoms with van der Waals surface area (Å²) in [6.45, 7) is 30.4. The van der Waals surface area contributed by atoms with Crippen molar-refractivity contribution in [1.29, 1.82) is 0 Å². The van der Waals surface area contributed by atoms with Gasteiger partial charge in [0.05, 0.1) is 5.56 Å². The minimum atomic E-state index is 1.05. The number of hydrogen-bond donors (Lipinski definition) is 0. The second kappa shape index (κ2) is 23.9. The van der Waals surface area contributed by atoms with Crippen molar-refractivity contribution < 1.29 is 9.13 Å². The van der Waals surface area contributed by atoms with Gasteiger partial charge >= 0.3 is 0 Å². The summed E-state index contributed by atoms with van der Waals surface area (Å²) in [7, 11) is 2.04. The second-order valence-corrected chi connectivity index (χ2v) is 8.25. The molecule has 0 amide bonds. The molecule has 2 aromatic heterocycles. The molecule has 4 rings (SSSR count). The Bertz CT molecular complexity index is 1210. The Kier molecular flexibility index (Phi) is 22.9. The molecule has 0 aliphatic rings. The van der Waals surface area contributed by atoms with Crippen LogP contribution < -0.4 is 9.13 Å². The van der Waals surface area contributed by atoms with Crippen molar-refractivity contribution >= 4 is 5.70 Å². The smallest absolute Gasteiger partial charge is 0.208 e. The van der Waals surface area contributed by atoms with E-state index in [-0.39, 0.29) is 0 Å². The van der Waals surface area contributed by atoms with Gasteiger partial charge in [0, 0.05) is 35.9 Å². The van der Waals surface area contributed by atoms with E-state index in [4.69, 9.17) is 0 Å². The van der Waals surface area contributed by atoms with Gasteiger partial charge in [0.1, 0.15) is 7.05 Å². The summed E-state index contributed by atoms with van der Waals surface area (Å²) >= 11 is 0. The highest BCUT2D eigenvalue weighted by molar-refractivity contribution is 5.75. The minimum Gasteiger partial charge on any atom is -0.208 e. The molecule has 4 aromatic rings. The Labute approximate surface area is 260 Å². The molecule has 2 heterocycles. The highest BCUT2D eigenvalue weighted by atomic mass is 15.0. The zero-order valence-corrected chi connectivity index (χ0v) is 29.3. The van der Waals surface area contributed by atoms with Crippen LogP contribution >= 0.6 is 0 Å². The topological polar surface area (TPSA) is 7.76 Å². The van der Waals surface area contributed by atoms with Gasteiger partial charge in [0.2, 0.25) is 17.1 Å². The predicted molar refractivity (Wildman–Crippen MR) is 190 cm³/mol. The van der Waals surface area contributed by atoms with E-state index in [1.165, 1.54) is 27.8 Å². The molecule has 0 fully saturated rings. The third-order valence-corrected chi connectivity index (χ3v) is 5.84. The quantitative estimate of drug-likeness (QED) is 0.167. The maximum atomic E-state index is 4.10. The maximum absolute atomic E-state index is 4.10. The first-order valence-electron chi connectivity index (χ1n) is 16.0. The van der Waals surface area contributed by atoms with Crippen molar-refractivity contribution in [1.82, 2.24) is 0 Å². The lowest BCUT2D eigenvalue weighted by molar-refractivity contribution is -0.671. The fourth-order valence-corrected chi connectivity index (χ4v) is 3.95. The van der Waals surface area contributed by atoms with Gasteiger partial charge in [-0.25, -0.2) is 4.57 Å². The van der Waals surface area contributed by atoms with Crippen molar-refractivity contribution in [2.75, 3.05) is 0 Å². The van der Waals surface area contributed by atoms with Gasteiger partial charge in [0.25, 0.3) is 0 Å². The molecule has 0 atom stereocenters. The summed E-state index contributed by atoms with van der Waals surface area (Å²) in [4.78, 5) is 0. The van der Waals surface area contributed by atoms with Crippen LogP contribution in [-0.4, -0.2) is 0 Å². The largest absolute Gasteiger partial charge is 0.220 e. The van der Waals surface area contributed by atoms with E-state index in [1.807, 2.05) is 82.4 Å². The zero-order chi connectivity index (χ0) is 32.7. The number of benzene rings is 2. The van der Waals surface area contributed by atoms with E-state index in [0.717, 1.165) is 22.6 Å². The van der Waals surface area contributed by atoms with E-state index < -0.39 is 0 Å². The first-order chi connectivity index (χ1) is 20.5. The Hall–Kier alpha value is -3.78. The number of rotatable bonds is 5. The number of allylic oxidation sites excluding steroid dienone is 3. The molecule has 0 unspecified atom stereocenters. The Morgan fingerprint density at radius 1 is 0.548 bits per heavy atom. The lowest BCUT2D eigenvalue weighted by Gasteiger charge is -2.13. The first kappa shape index (κ1) is 40.4. The van der Waals surface area contributed by atoms with Gasteiger partial charge in [-0.1, -0.05) is 123 Å². The standard InChI is InChI=1S/C30H30N2.5C2H6/c1-6-28(7-2)32-29(25-14-10-23(4)11-15-25)20-27(24-12-8-22(3)9-13-24)21-30(32)26-16-18-31(5)19-17-26;5*1-2/h6-21H,1H2,2-5H3;5*1-2H3/q+2;;;;;/b28-7+;;;;;. The number of aryl methyl sites for hydroxylation is 3. The fourth-order valence-electron chi connectivity index (χ4n) is 3.95. The van der Waals surface area contributed by atoms with Gasteiger partial charge in [0.15, 0.2) is 12.4 Å². The summed E-state index contributed by atoms with van der Waals surface area (Å²) in [6, 6.07) is 26.4. The Morgan fingerprint density at radius 2 is 0.905 bits per heavy atom. The molecule has 0 aliphatic heterocycles. The van der Waals surface area contributed by atoms with E-state index in [2.05, 4.69) is 128 Å². The maximum Gasteiger partial charge on any atom is 0.220 e. The fraction of sp³-hybridized carbons (Fsp3) is 0.350. The number of nitrogens with zero attached hydrogens (tertiary/aromatic N) is 2. The minimum absolute atomic E-state index is 1.05. The molecule has 0 spiro atoms. The van der Waals surface area contributed by atoms with E-state index in [0.29, 0.717) is 0 Å². The van der Waals surface area contributed by atoms with Gasteiger partial charge in [-0.3, -0.25) is 0 Å². The lowest BCUT2D eigenvalue weighted by Crippen LogP contribution is -2.37. The Balaban J connectivity index is 0. The van der Waals surface area contributed by atoms with Crippen LogP contribution in [0.1, 0.15) is 87.3 Å². The molecule has 2 heteroatoms. The van der Waals surface area contributed by atoms with Crippen LogP contribution in [0.5, 0.6) is 0 Å². The normalized spacial score (nSPS) is 9.43. The third kappa shape index (κ3) is 11.6. The molecule has 0 aliphatic carbocycles. The van der Waals surface area contributed by atoms with Crippen LogP contribution in [0.25, 0.3) is 39.3 Å². The van der Waals surface area contributed by atoms with E-state index in [9.17, 15) is 0 Å². The number of pyridine rings is 2. The molecule has 2 nitrogen and oxygen atoms in total. The summed E-state index contributed by atoms with van der Waals surface area (Å²) in [5, 5.41) is 0. The summed E-state index contributed by atoms with van der Waals surface area (Å²) < 4.78 is 4.37. The van der Waals surface area contributed by atoms with Crippen LogP contribution in [0.3, 0.4) is 0 Å². The van der Waals surface area contributed by atoms with E-state index in [1.54, 1.807) is 0 Å². The highest BCUT2D eigenvalue weighted by Crippen LogP contribution is 2.30. The first-order valence-corrected chi connectivity index (χ1v) is 16.0. The van der Waals surface area contributed by atoms with Gasteiger partial charge in [-0.05, 0) is 50.1 Å². The zero-order valence-electron chi connectivity index (χ0n) is 29.3. The van der Waals surface area contributed by atoms with E-state index >= 15 is 0 Å². The van der Waals surface area contributed by atoms with Gasteiger partial charge in [-0.15, -0.1) is 0 Å². The summed E-state index contributed by atoms with van der Waals surface area (Å²) in [5.41, 5.74) is 10.6. The van der Waals surface area contributed by atoms with Crippen molar-refractivity contribution in [3.8, 4) is 33.6 Å². The van der Waals surface area contributed by atoms with Crippen molar-refractivity contribution in [3.05, 3.63) is 115 Å². The van der Waals surface area contributed by atoms with Crippen LogP contribution in [-0.2, 0) is 7.05 Å². The van der Waals surface area contributed by atoms with Crippen molar-refractivity contribution in [2.24, 2.45) is 7.05 Å². The molecule has 0 N–H and O–H groups in total. The molecular weight excluding hydrogens is 508 g/mol. The van der Waals surface area contributed by atoms with Crippen LogP contribution in [0.15, 0.2) is 104 Å². The predicted octanol–water partition coefficient (Wildman–Crippen LogP) is 11.6. The highest BCUT2D eigenvalue weighted by Gasteiger charge is 2.25. The lowest BCUT2D eigenvalue weighted by atomic mass is 9.98. The average Bonchev–Trinajstić information content (AvgIpc) is 3.07.